The van der Waals surface area contributed by atoms with Crippen LogP contribution in [0.3, 0.4) is 0 Å². The van der Waals surface area contributed by atoms with E-state index in [0.717, 1.165) is 0 Å². The predicted molar refractivity (Wildman–Crippen MR) is 69.6 cm³/mol. The minimum Gasteiger partial charge on any atom is -0.355 e. The number of nitrogens with one attached hydrogen (secondary N) is 2. The summed E-state index contributed by atoms with van der Waals surface area (Å²) in [6.45, 7) is 5.71. The average Bonchev–Trinajstić information content (AvgIpc) is 2.27. The summed E-state index contributed by atoms with van der Waals surface area (Å²) < 4.78 is 0. The maximum absolute atomic E-state index is 11.9. The molecule has 0 saturated carbocycles. The molecule has 0 aliphatic heterocycles. The third-order valence-electron chi connectivity index (χ3n) is 2.28. The van der Waals surface area contributed by atoms with Gasteiger partial charge in [-0.2, -0.15) is 0 Å². The SMILES string of the molecule is CCNC(=O)C(C)NC(=O)c1cc(C)nc(Cl)c1. The molecule has 98 valence electrons. The minimum atomic E-state index is -0.593. The van der Waals surface area contributed by atoms with Gasteiger partial charge in [0.15, 0.2) is 0 Å². The molecule has 0 radical (unpaired) electrons. The van der Waals surface area contributed by atoms with Crippen LogP contribution in [-0.4, -0.2) is 29.4 Å². The first-order valence-electron chi connectivity index (χ1n) is 5.66. The molecule has 1 rings (SSSR count). The van der Waals surface area contributed by atoms with E-state index in [9.17, 15) is 9.59 Å². The summed E-state index contributed by atoms with van der Waals surface area (Å²) in [4.78, 5) is 27.3. The zero-order chi connectivity index (χ0) is 13.7. The molecular weight excluding hydrogens is 254 g/mol. The molecule has 5 nitrogen and oxygen atoms in total. The van der Waals surface area contributed by atoms with Crippen LogP contribution in [0, 0.1) is 6.92 Å². The molecule has 1 unspecified atom stereocenters. The van der Waals surface area contributed by atoms with Crippen molar-refractivity contribution in [1.29, 1.82) is 0 Å². The Labute approximate surface area is 111 Å². The fourth-order valence-electron chi connectivity index (χ4n) is 1.43. The Morgan fingerprint density at radius 2 is 2.11 bits per heavy atom. The Bertz CT molecular complexity index is 442. The molecule has 1 aromatic rings. The van der Waals surface area contributed by atoms with Crippen molar-refractivity contribution in [3.8, 4) is 0 Å². The van der Waals surface area contributed by atoms with Crippen LogP contribution in [0.15, 0.2) is 12.1 Å². The van der Waals surface area contributed by atoms with Crippen LogP contribution in [0.1, 0.15) is 29.9 Å². The zero-order valence-electron chi connectivity index (χ0n) is 10.6. The van der Waals surface area contributed by atoms with Gasteiger partial charge in [-0.25, -0.2) is 4.98 Å². The van der Waals surface area contributed by atoms with Crippen LogP contribution in [0.4, 0.5) is 0 Å². The number of hydrogen-bond acceptors (Lipinski definition) is 3. The second-order valence-electron chi connectivity index (χ2n) is 3.91. The topological polar surface area (TPSA) is 71.1 Å². The van der Waals surface area contributed by atoms with Crippen molar-refractivity contribution >= 4 is 23.4 Å². The minimum absolute atomic E-state index is 0.220. The molecule has 1 heterocycles. The van der Waals surface area contributed by atoms with E-state index in [-0.39, 0.29) is 17.0 Å². The molecule has 0 aromatic carbocycles. The van der Waals surface area contributed by atoms with Gasteiger partial charge in [0, 0.05) is 17.8 Å². The van der Waals surface area contributed by atoms with Crippen LogP contribution >= 0.6 is 11.6 Å². The fourth-order valence-corrected chi connectivity index (χ4v) is 1.68. The van der Waals surface area contributed by atoms with Crippen molar-refractivity contribution in [2.45, 2.75) is 26.8 Å². The van der Waals surface area contributed by atoms with Gasteiger partial charge in [-0.3, -0.25) is 9.59 Å². The zero-order valence-corrected chi connectivity index (χ0v) is 11.3. The number of nitrogens with zero attached hydrogens (tertiary/aromatic N) is 1. The number of pyridine rings is 1. The summed E-state index contributed by atoms with van der Waals surface area (Å²) in [6.07, 6.45) is 0. The second-order valence-corrected chi connectivity index (χ2v) is 4.30. The Balaban J connectivity index is 2.73. The second kappa shape index (κ2) is 6.35. The first-order valence-corrected chi connectivity index (χ1v) is 6.04. The number of rotatable bonds is 4. The largest absolute Gasteiger partial charge is 0.355 e. The Hall–Kier alpha value is -1.62. The van der Waals surface area contributed by atoms with Crippen LogP contribution < -0.4 is 10.6 Å². The number of likely N-dealkylation sites (N-methyl/N-ethyl adjacent to an activating group) is 1. The van der Waals surface area contributed by atoms with E-state index in [4.69, 9.17) is 11.6 Å². The molecular formula is C12H16ClN3O2. The van der Waals surface area contributed by atoms with E-state index >= 15 is 0 Å². The van der Waals surface area contributed by atoms with Crippen LogP contribution in [0.2, 0.25) is 5.15 Å². The highest BCUT2D eigenvalue weighted by Crippen LogP contribution is 2.10. The number of carbonyl (C=O) groups excluding carboxylic acids is 2. The number of amides is 2. The van der Waals surface area contributed by atoms with Gasteiger partial charge in [0.2, 0.25) is 5.91 Å². The van der Waals surface area contributed by atoms with Gasteiger partial charge in [0.1, 0.15) is 11.2 Å². The number of aromatic nitrogens is 1. The van der Waals surface area contributed by atoms with Crippen molar-refractivity contribution in [1.82, 2.24) is 15.6 Å². The summed E-state index contributed by atoms with van der Waals surface area (Å²) >= 11 is 5.77. The summed E-state index contributed by atoms with van der Waals surface area (Å²) in [5.74, 6) is -0.566. The van der Waals surface area contributed by atoms with E-state index in [1.54, 1.807) is 19.9 Å². The van der Waals surface area contributed by atoms with Gasteiger partial charge >= 0.3 is 0 Å². The third kappa shape index (κ3) is 4.00. The number of aryl methyl sites for hydroxylation is 1. The quantitative estimate of drug-likeness (QED) is 0.810. The molecule has 0 spiro atoms. The lowest BCUT2D eigenvalue weighted by atomic mass is 10.2. The van der Waals surface area contributed by atoms with Crippen molar-refractivity contribution in [3.05, 3.63) is 28.5 Å². The lowest BCUT2D eigenvalue weighted by molar-refractivity contribution is -0.122. The summed E-state index contributed by atoms with van der Waals surface area (Å²) in [6, 6.07) is 2.49. The van der Waals surface area contributed by atoms with Crippen molar-refractivity contribution in [3.63, 3.8) is 0 Å². The monoisotopic (exact) mass is 269 g/mol. The van der Waals surface area contributed by atoms with Gasteiger partial charge in [0.05, 0.1) is 0 Å². The summed E-state index contributed by atoms with van der Waals surface area (Å²) in [7, 11) is 0. The predicted octanol–water partition coefficient (Wildman–Crippen LogP) is 1.30. The van der Waals surface area contributed by atoms with Gasteiger partial charge in [-0.05, 0) is 32.9 Å². The molecule has 2 N–H and O–H groups in total. The van der Waals surface area contributed by atoms with Crippen molar-refractivity contribution in [2.24, 2.45) is 0 Å². The lowest BCUT2D eigenvalue weighted by Gasteiger charge is -2.13. The summed E-state index contributed by atoms with van der Waals surface area (Å²) in [5, 5.41) is 5.49. The van der Waals surface area contributed by atoms with Gasteiger partial charge in [-0.1, -0.05) is 11.6 Å². The molecule has 0 aliphatic rings. The van der Waals surface area contributed by atoms with E-state index < -0.39 is 6.04 Å². The normalized spacial score (nSPS) is 11.8. The fraction of sp³-hybridized carbons (Fsp3) is 0.417. The van der Waals surface area contributed by atoms with Crippen molar-refractivity contribution in [2.75, 3.05) is 6.54 Å². The van der Waals surface area contributed by atoms with Gasteiger partial charge in [-0.15, -0.1) is 0 Å². The van der Waals surface area contributed by atoms with E-state index in [0.29, 0.717) is 17.8 Å². The highest BCUT2D eigenvalue weighted by molar-refractivity contribution is 6.29. The van der Waals surface area contributed by atoms with Crippen LogP contribution in [-0.2, 0) is 4.79 Å². The van der Waals surface area contributed by atoms with Gasteiger partial charge < -0.3 is 10.6 Å². The first-order chi connectivity index (χ1) is 8.43. The number of halogens is 1. The maximum atomic E-state index is 11.9. The standard InChI is InChI=1S/C12H16ClN3O2/c1-4-14-11(17)8(3)16-12(18)9-5-7(2)15-10(13)6-9/h5-6,8H,4H2,1-3H3,(H,14,17)(H,16,18). The number of carbonyl (C=O) groups is 2. The van der Waals surface area contributed by atoms with Crippen molar-refractivity contribution < 1.29 is 9.59 Å². The molecule has 0 fully saturated rings. The van der Waals surface area contributed by atoms with Gasteiger partial charge in [0.25, 0.3) is 5.91 Å². The molecule has 1 atom stereocenters. The molecule has 0 aliphatic carbocycles. The molecule has 0 saturated heterocycles. The smallest absolute Gasteiger partial charge is 0.252 e. The molecule has 6 heteroatoms. The third-order valence-corrected chi connectivity index (χ3v) is 2.47. The number of hydrogen-bond donors (Lipinski definition) is 2. The van der Waals surface area contributed by atoms with Crippen LogP contribution in [0.5, 0.6) is 0 Å². The molecule has 2 amide bonds. The lowest BCUT2D eigenvalue weighted by Crippen LogP contribution is -2.44. The Kier molecular flexibility index (Phi) is 5.09. The maximum Gasteiger partial charge on any atom is 0.252 e. The first kappa shape index (κ1) is 14.4. The molecule has 0 bridgehead atoms. The Morgan fingerprint density at radius 3 is 2.67 bits per heavy atom. The molecule has 18 heavy (non-hydrogen) atoms. The van der Waals surface area contributed by atoms with E-state index in [1.807, 2.05) is 6.92 Å². The van der Waals surface area contributed by atoms with Crippen LogP contribution in [0.25, 0.3) is 0 Å². The molecule has 1 aromatic heterocycles. The van der Waals surface area contributed by atoms with E-state index in [2.05, 4.69) is 15.6 Å². The average molecular weight is 270 g/mol. The summed E-state index contributed by atoms with van der Waals surface area (Å²) in [5.41, 5.74) is 1.04. The highest BCUT2D eigenvalue weighted by Gasteiger charge is 2.16. The van der Waals surface area contributed by atoms with E-state index in [1.165, 1.54) is 6.07 Å². The Morgan fingerprint density at radius 1 is 1.44 bits per heavy atom. The highest BCUT2D eigenvalue weighted by atomic mass is 35.5.